The summed E-state index contributed by atoms with van der Waals surface area (Å²) in [5, 5.41) is 22.3. The van der Waals surface area contributed by atoms with Crippen molar-refractivity contribution in [3.05, 3.63) is 98.2 Å². The van der Waals surface area contributed by atoms with Crippen molar-refractivity contribution in [3.63, 3.8) is 0 Å². The van der Waals surface area contributed by atoms with Crippen LogP contribution in [-0.4, -0.2) is 69.7 Å². The fraction of sp³-hybridized carbons (Fsp3) is 0.361. The number of aromatic amines is 1. The van der Waals surface area contributed by atoms with E-state index in [0.717, 1.165) is 53.0 Å². The topological polar surface area (TPSA) is 160 Å². The molecular formula is C36H45BrI2N6O5. The monoisotopic (exact) mass is 974 g/mol. The Kier molecular flexibility index (Phi) is 15.3. The van der Waals surface area contributed by atoms with Crippen molar-refractivity contribution in [2.75, 3.05) is 44.8 Å². The van der Waals surface area contributed by atoms with Gasteiger partial charge in [-0.25, -0.2) is 4.79 Å². The summed E-state index contributed by atoms with van der Waals surface area (Å²) in [5.41, 5.74) is 16.5. The summed E-state index contributed by atoms with van der Waals surface area (Å²) >= 11 is 2.99. The molecule has 0 aliphatic carbocycles. The van der Waals surface area contributed by atoms with Gasteiger partial charge in [-0.3, -0.25) is 14.3 Å². The van der Waals surface area contributed by atoms with Crippen molar-refractivity contribution in [2.24, 2.45) is 0 Å². The van der Waals surface area contributed by atoms with Crippen LogP contribution in [0.25, 0.3) is 32.9 Å². The number of benzene rings is 3. The number of nitrogen functional groups attached to an aromatic ring is 2. The summed E-state index contributed by atoms with van der Waals surface area (Å²) in [5.74, 6) is 0. The van der Waals surface area contributed by atoms with Crippen molar-refractivity contribution in [3.8, 4) is 11.3 Å². The van der Waals surface area contributed by atoms with Gasteiger partial charge >= 0.3 is 5.69 Å². The number of aliphatic hydroxyl groups excluding tert-OH is 2. The van der Waals surface area contributed by atoms with E-state index in [1.807, 2.05) is 12.1 Å². The number of aliphatic hydroxyl groups is 2. The summed E-state index contributed by atoms with van der Waals surface area (Å²) in [7, 11) is 2.35. The lowest BCUT2D eigenvalue weighted by Gasteiger charge is -2.31. The molecule has 1 fully saturated rings. The zero-order valence-electron chi connectivity index (χ0n) is 28.4. The number of ether oxygens (including phenoxy) is 1. The first-order chi connectivity index (χ1) is 23.0. The number of quaternary nitrogens is 1. The quantitative estimate of drug-likeness (QED) is 0.0374. The molecule has 0 radical (unpaired) electrons. The molecular weight excluding hydrogens is 930 g/mol. The summed E-state index contributed by atoms with van der Waals surface area (Å²) in [6.07, 6.45) is 0.294. The summed E-state index contributed by atoms with van der Waals surface area (Å²) in [6.45, 7) is 8.70. The molecule has 2 aromatic heterocycles. The van der Waals surface area contributed by atoms with E-state index in [0.29, 0.717) is 0 Å². The Hall–Kier alpha value is -2.61. The second kappa shape index (κ2) is 18.2. The van der Waals surface area contributed by atoms with Crippen molar-refractivity contribution < 1.29 is 72.0 Å². The predicted octanol–water partition coefficient (Wildman–Crippen LogP) is -2.06. The largest absolute Gasteiger partial charge is 1.00 e. The second-order valence-corrected chi connectivity index (χ2v) is 13.4. The molecule has 0 amide bonds. The number of anilines is 2. The first-order valence-corrected chi connectivity index (χ1v) is 17.1. The third-order valence-electron chi connectivity index (χ3n) is 9.39. The zero-order chi connectivity index (χ0) is 34.6. The van der Waals surface area contributed by atoms with Crippen molar-refractivity contribution >= 4 is 49.0 Å². The molecule has 1 aliphatic rings. The van der Waals surface area contributed by atoms with Crippen LogP contribution in [0.1, 0.15) is 32.9 Å². The molecule has 7 N–H and O–H groups in total. The molecule has 5 aromatic rings. The smallest absolute Gasteiger partial charge is 0.330 e. The molecule has 0 bridgehead atoms. The molecule has 6 rings (SSSR count). The number of hydrogen-bond donors (Lipinski definition) is 5. The van der Waals surface area contributed by atoms with Crippen molar-refractivity contribution in [1.29, 1.82) is 0 Å². The Morgan fingerprint density at radius 2 is 1.62 bits per heavy atom. The van der Waals surface area contributed by atoms with Crippen LogP contribution < -0.4 is 75.2 Å². The number of pyridine rings is 1. The van der Waals surface area contributed by atoms with E-state index >= 15 is 0 Å². The molecule has 270 valence electrons. The number of hydrogen-bond acceptors (Lipinski definition) is 7. The first-order valence-electron chi connectivity index (χ1n) is 16.3. The molecule has 0 unspecified atom stereocenters. The van der Waals surface area contributed by atoms with Gasteiger partial charge in [0.25, 0.3) is 5.56 Å². The van der Waals surface area contributed by atoms with Crippen LogP contribution in [-0.2, 0) is 11.3 Å². The Morgan fingerprint density at radius 3 is 2.24 bits per heavy atom. The molecule has 1 saturated heterocycles. The highest BCUT2D eigenvalue weighted by Crippen LogP contribution is 2.33. The summed E-state index contributed by atoms with van der Waals surface area (Å²) in [6, 6.07) is 23.1. The number of rotatable bonds is 9. The van der Waals surface area contributed by atoms with Crippen LogP contribution in [0.4, 0.5) is 11.4 Å². The maximum atomic E-state index is 11.6. The predicted molar refractivity (Wildman–Crippen MR) is 193 cm³/mol. The average Bonchev–Trinajstić information content (AvgIpc) is 3.47. The molecule has 0 saturated carbocycles. The third-order valence-corrected chi connectivity index (χ3v) is 9.96. The number of H-pyrrole nitrogens is 1. The van der Waals surface area contributed by atoms with Crippen LogP contribution >= 0.6 is 15.9 Å². The van der Waals surface area contributed by atoms with E-state index < -0.39 is 29.7 Å². The molecule has 3 aromatic carbocycles. The van der Waals surface area contributed by atoms with Gasteiger partial charge in [0.15, 0.2) is 12.8 Å². The summed E-state index contributed by atoms with van der Waals surface area (Å²) < 4.78 is 10.1. The lowest BCUT2D eigenvalue weighted by Crippen LogP contribution is -3.00. The Balaban J connectivity index is 0.000000304. The molecule has 3 atom stereocenters. The van der Waals surface area contributed by atoms with Crippen molar-refractivity contribution in [1.82, 2.24) is 9.55 Å². The molecule has 1 aliphatic heterocycles. The Morgan fingerprint density at radius 1 is 0.980 bits per heavy atom. The molecule has 0 spiro atoms. The average molecular weight is 976 g/mol. The highest BCUT2D eigenvalue weighted by Gasteiger charge is 2.35. The van der Waals surface area contributed by atoms with E-state index in [4.69, 9.17) is 21.3 Å². The Labute approximate surface area is 334 Å². The minimum absolute atomic E-state index is 0. The maximum Gasteiger partial charge on any atom is 0.330 e. The minimum atomic E-state index is -0.900. The molecule has 3 heterocycles. The lowest BCUT2D eigenvalue weighted by atomic mass is 9.98. The van der Waals surface area contributed by atoms with Gasteiger partial charge in [-0.15, -0.1) is 0 Å². The number of nitrogens with one attached hydrogen (secondary N) is 1. The van der Waals surface area contributed by atoms with Crippen LogP contribution in [0.15, 0.2) is 87.0 Å². The standard InChI is InChI=1S/C27H33N4.C9H11BrN2O5.2HI/c1-4-31(3,5-2)17-9-16-30-26-19-22(29)13-15-24(26)23-14-12-21(28)18-25(23)27(30)20-10-7-6-8-11-20;10-5-2-12(9(16)11-7(5)15)8-6(14)1-4(3-13)17-8;;/h6-8,10-15,18-19,29H,4-5,9,16-17,28H2,1-3H3;2,4,6,8,13-14H,1,3H2,(H,11,15,16);2*1H/q+1;;;/p-1/t;4-,6+,8+;;/m.0../s1. The fourth-order valence-corrected chi connectivity index (χ4v) is 6.62. The first kappa shape index (κ1) is 41.8. The van der Waals surface area contributed by atoms with Gasteiger partial charge in [-0.05, 0) is 66.2 Å². The van der Waals surface area contributed by atoms with Crippen LogP contribution in [0, 0.1) is 0 Å². The number of nitrogens with two attached hydrogens (primary N) is 2. The van der Waals surface area contributed by atoms with E-state index in [2.05, 4.69) is 101 Å². The SMILES string of the molecule is CC[N+](C)(CC)CCC[n+]1c(-c2ccccc2)c2cc(N)ccc2c2ccc(N)cc21.O=c1[nH]c(=O)n([C@@H]2O[C@H](CO)C[C@H]2O)cc1Br.[I-].[I-]. The number of aromatic nitrogens is 3. The van der Waals surface area contributed by atoms with Gasteiger partial charge in [0.1, 0.15) is 6.10 Å². The second-order valence-electron chi connectivity index (χ2n) is 12.6. The van der Waals surface area contributed by atoms with Gasteiger partial charge in [0, 0.05) is 41.0 Å². The normalized spacial score (nSPS) is 17.1. The number of fused-ring (bicyclic) bond motifs is 3. The minimum Gasteiger partial charge on any atom is -1.00 e. The van der Waals surface area contributed by atoms with E-state index in [9.17, 15) is 14.7 Å². The number of nitrogens with zero attached hydrogens (tertiary/aromatic N) is 3. The van der Waals surface area contributed by atoms with Crippen LogP contribution in [0.5, 0.6) is 0 Å². The Bertz CT molecular complexity index is 2020. The third kappa shape index (κ3) is 9.24. The summed E-state index contributed by atoms with van der Waals surface area (Å²) in [4.78, 5) is 24.8. The fourth-order valence-electron chi connectivity index (χ4n) is 6.30. The molecule has 50 heavy (non-hydrogen) atoms. The van der Waals surface area contributed by atoms with E-state index in [-0.39, 0.29) is 65.5 Å². The van der Waals surface area contributed by atoms with Gasteiger partial charge in [-0.1, -0.05) is 24.3 Å². The number of aryl methyl sites for hydroxylation is 1. The highest BCUT2D eigenvalue weighted by atomic mass is 127. The van der Waals surface area contributed by atoms with Crippen LogP contribution in [0.2, 0.25) is 0 Å². The van der Waals surface area contributed by atoms with Gasteiger partial charge in [0.05, 0.1) is 61.1 Å². The molecule has 11 nitrogen and oxygen atoms in total. The zero-order valence-corrected chi connectivity index (χ0v) is 34.3. The van der Waals surface area contributed by atoms with Gasteiger partial charge in [-0.2, -0.15) is 4.57 Å². The highest BCUT2D eigenvalue weighted by molar-refractivity contribution is 9.10. The van der Waals surface area contributed by atoms with E-state index in [1.165, 1.54) is 39.1 Å². The maximum absolute atomic E-state index is 11.6. The lowest BCUT2D eigenvalue weighted by molar-refractivity contribution is -0.908. The molecule has 14 heteroatoms. The van der Waals surface area contributed by atoms with E-state index in [1.54, 1.807) is 0 Å². The van der Waals surface area contributed by atoms with Crippen LogP contribution in [0.3, 0.4) is 0 Å². The van der Waals surface area contributed by atoms with Gasteiger partial charge in [0.2, 0.25) is 11.2 Å². The number of halogens is 3. The van der Waals surface area contributed by atoms with Crippen molar-refractivity contribution in [2.45, 2.75) is 51.7 Å². The van der Waals surface area contributed by atoms with Gasteiger partial charge < -0.3 is 78.9 Å².